The van der Waals surface area contributed by atoms with E-state index in [1.54, 1.807) is 21.9 Å². The lowest BCUT2D eigenvalue weighted by Crippen LogP contribution is -2.36. The SMILES string of the molecule is CCN(CC)C(=O)C(C)n1c(-c2cccnc2)n[nH]c1=S. The van der Waals surface area contributed by atoms with E-state index in [-0.39, 0.29) is 5.91 Å². The summed E-state index contributed by atoms with van der Waals surface area (Å²) in [6, 6.07) is 3.31. The smallest absolute Gasteiger partial charge is 0.245 e. The molecule has 1 atom stereocenters. The molecule has 2 heterocycles. The molecule has 6 nitrogen and oxygen atoms in total. The summed E-state index contributed by atoms with van der Waals surface area (Å²) in [4.78, 5) is 18.4. The van der Waals surface area contributed by atoms with E-state index < -0.39 is 6.04 Å². The van der Waals surface area contributed by atoms with Gasteiger partial charge in [0.1, 0.15) is 6.04 Å². The minimum Gasteiger partial charge on any atom is -0.341 e. The third-order valence-electron chi connectivity index (χ3n) is 3.44. The summed E-state index contributed by atoms with van der Waals surface area (Å²) >= 11 is 5.28. The number of pyridine rings is 1. The molecule has 0 saturated heterocycles. The van der Waals surface area contributed by atoms with Crippen LogP contribution in [-0.4, -0.2) is 43.6 Å². The number of carbonyl (C=O) groups excluding carboxylic acids is 1. The highest BCUT2D eigenvalue weighted by Crippen LogP contribution is 2.21. The van der Waals surface area contributed by atoms with E-state index in [1.807, 2.05) is 32.9 Å². The van der Waals surface area contributed by atoms with Gasteiger partial charge >= 0.3 is 0 Å². The molecular weight excluding hydrogens is 286 g/mol. The van der Waals surface area contributed by atoms with E-state index in [9.17, 15) is 4.79 Å². The summed E-state index contributed by atoms with van der Waals surface area (Å²) in [5.74, 6) is 0.656. The Morgan fingerprint density at radius 1 is 1.48 bits per heavy atom. The molecule has 112 valence electrons. The van der Waals surface area contributed by atoms with Crippen LogP contribution < -0.4 is 0 Å². The number of likely N-dealkylation sites (N-methyl/N-ethyl adjacent to an activating group) is 1. The van der Waals surface area contributed by atoms with Crippen molar-refractivity contribution in [2.75, 3.05) is 13.1 Å². The van der Waals surface area contributed by atoms with Gasteiger partial charge in [0.05, 0.1) is 0 Å². The van der Waals surface area contributed by atoms with Gasteiger partial charge in [-0.05, 0) is 45.1 Å². The Labute approximate surface area is 128 Å². The van der Waals surface area contributed by atoms with Crippen molar-refractivity contribution in [2.24, 2.45) is 0 Å². The standard InChI is InChI=1S/C14H19N5OS/c1-4-18(5-2)13(20)10(3)19-12(16-17-14(19)21)11-7-6-8-15-9-11/h6-10H,4-5H2,1-3H3,(H,17,21). The lowest BCUT2D eigenvalue weighted by atomic mass is 10.2. The zero-order valence-corrected chi connectivity index (χ0v) is 13.2. The van der Waals surface area contributed by atoms with E-state index in [0.717, 1.165) is 5.56 Å². The van der Waals surface area contributed by atoms with E-state index in [1.165, 1.54) is 0 Å². The molecule has 0 radical (unpaired) electrons. The van der Waals surface area contributed by atoms with Crippen molar-refractivity contribution in [2.45, 2.75) is 26.8 Å². The maximum absolute atomic E-state index is 12.5. The van der Waals surface area contributed by atoms with Crippen LogP contribution in [0.25, 0.3) is 11.4 Å². The first-order valence-electron chi connectivity index (χ1n) is 6.96. The second-order valence-corrected chi connectivity index (χ2v) is 5.04. The minimum absolute atomic E-state index is 0.0302. The van der Waals surface area contributed by atoms with Crippen molar-refractivity contribution in [3.8, 4) is 11.4 Å². The van der Waals surface area contributed by atoms with Gasteiger partial charge in [-0.3, -0.25) is 19.4 Å². The number of hydrogen-bond donors (Lipinski definition) is 1. The topological polar surface area (TPSA) is 66.8 Å². The van der Waals surface area contributed by atoms with Gasteiger partial charge in [-0.15, -0.1) is 0 Å². The van der Waals surface area contributed by atoms with Gasteiger partial charge in [-0.2, -0.15) is 5.10 Å². The van der Waals surface area contributed by atoms with E-state index in [4.69, 9.17) is 12.2 Å². The van der Waals surface area contributed by atoms with Crippen LogP contribution in [0, 0.1) is 4.77 Å². The highest BCUT2D eigenvalue weighted by molar-refractivity contribution is 7.71. The fourth-order valence-corrected chi connectivity index (χ4v) is 2.56. The van der Waals surface area contributed by atoms with Crippen LogP contribution in [-0.2, 0) is 4.79 Å². The van der Waals surface area contributed by atoms with Crippen molar-refractivity contribution in [1.82, 2.24) is 24.6 Å². The maximum atomic E-state index is 12.5. The van der Waals surface area contributed by atoms with E-state index in [2.05, 4.69) is 15.2 Å². The predicted octanol–water partition coefficient (Wildman–Crippen LogP) is 2.43. The summed E-state index contributed by atoms with van der Waals surface area (Å²) in [7, 11) is 0. The first kappa shape index (κ1) is 15.4. The molecule has 7 heteroatoms. The molecule has 21 heavy (non-hydrogen) atoms. The summed E-state index contributed by atoms with van der Waals surface area (Å²) in [6.45, 7) is 7.11. The molecule has 0 aliphatic carbocycles. The quantitative estimate of drug-likeness (QED) is 0.862. The predicted molar refractivity (Wildman–Crippen MR) is 83.3 cm³/mol. The van der Waals surface area contributed by atoms with E-state index >= 15 is 0 Å². The third kappa shape index (κ3) is 3.02. The molecule has 2 aromatic heterocycles. The number of H-pyrrole nitrogens is 1. The fraction of sp³-hybridized carbons (Fsp3) is 0.429. The molecule has 2 aromatic rings. The molecular formula is C14H19N5OS. The lowest BCUT2D eigenvalue weighted by Gasteiger charge is -2.24. The maximum Gasteiger partial charge on any atom is 0.245 e. The molecule has 0 bridgehead atoms. The average Bonchev–Trinajstić information content (AvgIpc) is 2.90. The van der Waals surface area contributed by atoms with Gasteiger partial charge in [0.2, 0.25) is 5.91 Å². The number of nitrogens with zero attached hydrogens (tertiary/aromatic N) is 4. The number of aromatic amines is 1. The van der Waals surface area contributed by atoms with Crippen LogP contribution in [0.2, 0.25) is 0 Å². The highest BCUT2D eigenvalue weighted by atomic mass is 32.1. The number of nitrogens with one attached hydrogen (secondary N) is 1. The van der Waals surface area contributed by atoms with Crippen LogP contribution in [0.3, 0.4) is 0 Å². The number of carbonyl (C=O) groups is 1. The van der Waals surface area contributed by atoms with Gasteiger partial charge in [0.15, 0.2) is 10.6 Å². The molecule has 2 rings (SSSR count). The molecule has 0 aliphatic heterocycles. The Morgan fingerprint density at radius 3 is 2.76 bits per heavy atom. The molecule has 1 N–H and O–H groups in total. The summed E-state index contributed by atoms with van der Waals surface area (Å²) in [5, 5.41) is 7.00. The van der Waals surface area contributed by atoms with Crippen LogP contribution in [0.5, 0.6) is 0 Å². The van der Waals surface area contributed by atoms with Crippen LogP contribution in [0.1, 0.15) is 26.8 Å². The molecule has 1 unspecified atom stereocenters. The normalized spacial score (nSPS) is 12.1. The lowest BCUT2D eigenvalue weighted by molar-refractivity contribution is -0.133. The summed E-state index contributed by atoms with van der Waals surface area (Å²) in [5.41, 5.74) is 0.823. The zero-order valence-electron chi connectivity index (χ0n) is 12.4. The highest BCUT2D eigenvalue weighted by Gasteiger charge is 2.23. The van der Waals surface area contributed by atoms with Gasteiger partial charge < -0.3 is 4.90 Å². The molecule has 1 amide bonds. The van der Waals surface area contributed by atoms with Gasteiger partial charge in [0.25, 0.3) is 0 Å². The van der Waals surface area contributed by atoms with Crippen LogP contribution in [0.4, 0.5) is 0 Å². The second kappa shape index (κ2) is 6.62. The third-order valence-corrected chi connectivity index (χ3v) is 3.73. The van der Waals surface area contributed by atoms with Crippen LogP contribution in [0.15, 0.2) is 24.5 Å². The monoisotopic (exact) mass is 305 g/mol. The Morgan fingerprint density at radius 2 is 2.19 bits per heavy atom. The molecule has 0 fully saturated rings. The number of hydrogen-bond acceptors (Lipinski definition) is 4. The Balaban J connectivity index is 2.43. The first-order valence-corrected chi connectivity index (χ1v) is 7.37. The van der Waals surface area contributed by atoms with Crippen molar-refractivity contribution < 1.29 is 4.79 Å². The zero-order chi connectivity index (χ0) is 15.4. The molecule has 0 saturated carbocycles. The Kier molecular flexibility index (Phi) is 4.85. The summed E-state index contributed by atoms with van der Waals surface area (Å²) < 4.78 is 2.18. The average molecular weight is 305 g/mol. The fourth-order valence-electron chi connectivity index (χ4n) is 2.27. The molecule has 0 spiro atoms. The van der Waals surface area contributed by atoms with Crippen LogP contribution >= 0.6 is 12.2 Å². The molecule has 0 aliphatic rings. The van der Waals surface area contributed by atoms with E-state index in [0.29, 0.717) is 23.7 Å². The Hall–Kier alpha value is -2.02. The second-order valence-electron chi connectivity index (χ2n) is 4.65. The van der Waals surface area contributed by atoms with Crippen molar-refractivity contribution >= 4 is 18.1 Å². The van der Waals surface area contributed by atoms with Gasteiger partial charge in [0, 0.05) is 31.0 Å². The number of amides is 1. The first-order chi connectivity index (χ1) is 10.1. The van der Waals surface area contributed by atoms with Crippen molar-refractivity contribution in [3.63, 3.8) is 0 Å². The van der Waals surface area contributed by atoms with Gasteiger partial charge in [-0.25, -0.2) is 0 Å². The molecule has 0 aromatic carbocycles. The number of rotatable bonds is 5. The largest absolute Gasteiger partial charge is 0.341 e. The van der Waals surface area contributed by atoms with Crippen molar-refractivity contribution in [1.29, 1.82) is 0 Å². The van der Waals surface area contributed by atoms with Crippen molar-refractivity contribution in [3.05, 3.63) is 29.3 Å². The summed E-state index contributed by atoms with van der Waals surface area (Å²) in [6.07, 6.45) is 3.40. The minimum atomic E-state index is -0.411. The number of aromatic nitrogens is 4. The Bertz CT molecular complexity index is 660. The van der Waals surface area contributed by atoms with Gasteiger partial charge in [-0.1, -0.05) is 0 Å².